The zero-order chi connectivity index (χ0) is 21.5. The molecular weight excluding hydrogens is 378 g/mol. The summed E-state index contributed by atoms with van der Waals surface area (Å²) in [5, 5.41) is 10.6. The number of aromatic nitrogens is 1. The molecule has 6 heteroatoms. The first-order valence-electron chi connectivity index (χ1n) is 11.0. The highest BCUT2D eigenvalue weighted by atomic mass is 28.3. The van der Waals surface area contributed by atoms with Crippen molar-refractivity contribution < 1.29 is 9.90 Å². The molecular formula is C23H37N3O2Si. The average molecular weight is 416 g/mol. The molecule has 160 valence electrons. The number of benzene rings is 1. The zero-order valence-electron chi connectivity index (χ0n) is 19.1. The number of hydrogen-bond donors (Lipinski definition) is 1. The molecule has 0 spiro atoms. The van der Waals surface area contributed by atoms with Crippen LogP contribution in [0.3, 0.4) is 0 Å². The third-order valence-electron chi connectivity index (χ3n) is 7.08. The van der Waals surface area contributed by atoms with Gasteiger partial charge in [0.1, 0.15) is 0 Å². The van der Waals surface area contributed by atoms with Gasteiger partial charge >= 0.3 is 6.09 Å². The number of piperazine rings is 1. The molecule has 0 atom stereocenters. The fourth-order valence-electron chi connectivity index (χ4n) is 6.02. The summed E-state index contributed by atoms with van der Waals surface area (Å²) in [6.07, 6.45) is 1.60. The molecule has 5 nitrogen and oxygen atoms in total. The van der Waals surface area contributed by atoms with E-state index in [-0.39, 0.29) is 0 Å². The molecule has 2 aromatic rings. The smallest absolute Gasteiger partial charge is 0.407 e. The normalized spacial score (nSPS) is 15.9. The second kappa shape index (κ2) is 8.05. The fourth-order valence-corrected chi connectivity index (χ4v) is 12.7. The first kappa shape index (κ1) is 21.7. The van der Waals surface area contributed by atoms with Crippen molar-refractivity contribution in [1.29, 1.82) is 0 Å². The minimum Gasteiger partial charge on any atom is -0.465 e. The number of hydrogen-bond acceptors (Lipinski definition) is 2. The van der Waals surface area contributed by atoms with Crippen molar-refractivity contribution >= 4 is 30.9 Å². The Morgan fingerprint density at radius 2 is 1.52 bits per heavy atom. The quantitative estimate of drug-likeness (QED) is 0.630. The lowest BCUT2D eigenvalue weighted by molar-refractivity contribution is 0.142. The van der Waals surface area contributed by atoms with Crippen molar-refractivity contribution in [3.8, 4) is 0 Å². The Bertz CT molecular complexity index is 858. The van der Waals surface area contributed by atoms with Gasteiger partial charge < -0.3 is 19.1 Å². The maximum Gasteiger partial charge on any atom is 0.407 e. The lowest BCUT2D eigenvalue weighted by Gasteiger charge is -2.44. The van der Waals surface area contributed by atoms with Crippen LogP contribution < -0.4 is 4.90 Å². The van der Waals surface area contributed by atoms with Gasteiger partial charge in [-0.1, -0.05) is 47.6 Å². The van der Waals surface area contributed by atoms with Gasteiger partial charge in [-0.3, -0.25) is 0 Å². The first-order chi connectivity index (χ1) is 13.6. The molecule has 0 radical (unpaired) electrons. The van der Waals surface area contributed by atoms with E-state index >= 15 is 0 Å². The Kier molecular flexibility index (Phi) is 6.04. The SMILES string of the molecule is Cc1cn([Si](C(C)C)(C(C)C)C(C)C)c2cccc(N3CCN(C(=O)O)CC3)c12. The van der Waals surface area contributed by atoms with E-state index in [9.17, 15) is 9.90 Å². The molecule has 1 aliphatic rings. The van der Waals surface area contributed by atoms with Crippen molar-refractivity contribution in [2.24, 2.45) is 0 Å². The third kappa shape index (κ3) is 3.45. The molecule has 1 saturated heterocycles. The van der Waals surface area contributed by atoms with E-state index in [0.29, 0.717) is 29.7 Å². The van der Waals surface area contributed by atoms with Crippen LogP contribution >= 0.6 is 0 Å². The number of amides is 1. The van der Waals surface area contributed by atoms with Gasteiger partial charge in [0.2, 0.25) is 0 Å². The van der Waals surface area contributed by atoms with Crippen LogP contribution in [0.25, 0.3) is 10.9 Å². The average Bonchev–Trinajstić information content (AvgIpc) is 2.98. The molecule has 1 aliphatic heterocycles. The summed E-state index contributed by atoms with van der Waals surface area (Å²) in [5.41, 5.74) is 5.85. The molecule has 0 bridgehead atoms. The van der Waals surface area contributed by atoms with Gasteiger partial charge in [0.15, 0.2) is 8.24 Å². The van der Waals surface area contributed by atoms with Gasteiger partial charge in [-0.05, 0) is 47.4 Å². The van der Waals surface area contributed by atoms with Crippen LogP contribution in [0.15, 0.2) is 24.4 Å². The number of carboxylic acid groups (broad SMARTS) is 1. The molecule has 29 heavy (non-hydrogen) atoms. The lowest BCUT2D eigenvalue weighted by atomic mass is 10.1. The monoisotopic (exact) mass is 415 g/mol. The fraction of sp³-hybridized carbons (Fsp3) is 0.609. The largest absolute Gasteiger partial charge is 0.465 e. The Labute approximate surface area is 176 Å². The van der Waals surface area contributed by atoms with Gasteiger partial charge in [0, 0.05) is 42.8 Å². The van der Waals surface area contributed by atoms with Crippen LogP contribution in [0.4, 0.5) is 10.5 Å². The Morgan fingerprint density at radius 1 is 0.966 bits per heavy atom. The van der Waals surface area contributed by atoms with Gasteiger partial charge in [-0.25, -0.2) is 4.79 Å². The number of aryl methyl sites for hydroxylation is 1. The highest BCUT2D eigenvalue weighted by Gasteiger charge is 2.46. The predicted molar refractivity (Wildman–Crippen MR) is 125 cm³/mol. The Hall–Kier alpha value is -1.95. The molecule has 1 amide bonds. The van der Waals surface area contributed by atoms with E-state index in [0.717, 1.165) is 13.1 Å². The van der Waals surface area contributed by atoms with Crippen molar-refractivity contribution in [2.75, 3.05) is 31.1 Å². The zero-order valence-corrected chi connectivity index (χ0v) is 20.1. The maximum absolute atomic E-state index is 11.3. The molecule has 0 aliphatic carbocycles. The second-order valence-corrected chi connectivity index (χ2v) is 15.2. The van der Waals surface area contributed by atoms with Crippen LogP contribution in [0.2, 0.25) is 16.6 Å². The van der Waals surface area contributed by atoms with Crippen LogP contribution in [-0.4, -0.2) is 54.7 Å². The summed E-state index contributed by atoms with van der Waals surface area (Å²) in [4.78, 5) is 15.2. The van der Waals surface area contributed by atoms with Gasteiger partial charge in [0.05, 0.1) is 0 Å². The molecule has 1 aromatic carbocycles. The molecule has 1 N–H and O–H groups in total. The molecule has 1 fully saturated rings. The number of rotatable bonds is 5. The lowest BCUT2D eigenvalue weighted by Crippen LogP contribution is -2.51. The van der Waals surface area contributed by atoms with Crippen LogP contribution in [0, 0.1) is 6.92 Å². The minimum atomic E-state index is -1.83. The summed E-state index contributed by atoms with van der Waals surface area (Å²) in [6.45, 7) is 19.3. The second-order valence-electron chi connectivity index (χ2n) is 9.46. The Morgan fingerprint density at radius 3 is 2.00 bits per heavy atom. The van der Waals surface area contributed by atoms with E-state index in [2.05, 4.69) is 82.0 Å². The molecule has 3 rings (SSSR count). The summed E-state index contributed by atoms with van der Waals surface area (Å²) < 4.78 is 2.69. The van der Waals surface area contributed by atoms with Gasteiger partial charge in [-0.2, -0.15) is 0 Å². The number of anilines is 1. The van der Waals surface area contributed by atoms with Crippen LogP contribution in [0.5, 0.6) is 0 Å². The molecule has 1 aromatic heterocycles. The van der Waals surface area contributed by atoms with E-state index in [1.807, 2.05) is 0 Å². The van der Waals surface area contributed by atoms with E-state index in [1.165, 1.54) is 27.1 Å². The summed E-state index contributed by atoms with van der Waals surface area (Å²) >= 11 is 0. The number of fused-ring (bicyclic) bond motifs is 1. The summed E-state index contributed by atoms with van der Waals surface area (Å²) in [6, 6.07) is 6.67. The van der Waals surface area contributed by atoms with Crippen molar-refractivity contribution in [3.63, 3.8) is 0 Å². The summed E-state index contributed by atoms with van der Waals surface area (Å²) in [5.74, 6) is 0. The van der Waals surface area contributed by atoms with Crippen LogP contribution in [-0.2, 0) is 0 Å². The van der Waals surface area contributed by atoms with E-state index in [1.54, 1.807) is 0 Å². The molecule has 0 saturated carbocycles. The summed E-state index contributed by atoms with van der Waals surface area (Å²) in [7, 11) is -1.83. The maximum atomic E-state index is 11.3. The van der Waals surface area contributed by atoms with Gasteiger partial charge in [-0.15, -0.1) is 0 Å². The molecule has 2 heterocycles. The minimum absolute atomic E-state index is 0.564. The topological polar surface area (TPSA) is 48.7 Å². The van der Waals surface area contributed by atoms with Crippen molar-refractivity contribution in [1.82, 2.24) is 9.13 Å². The highest BCUT2D eigenvalue weighted by Crippen LogP contribution is 2.45. The van der Waals surface area contributed by atoms with Crippen molar-refractivity contribution in [3.05, 3.63) is 30.0 Å². The highest BCUT2D eigenvalue weighted by molar-refractivity contribution is 6.82. The third-order valence-corrected chi connectivity index (χ3v) is 13.8. The first-order valence-corrected chi connectivity index (χ1v) is 13.1. The van der Waals surface area contributed by atoms with Gasteiger partial charge in [0.25, 0.3) is 0 Å². The Balaban J connectivity index is 2.13. The van der Waals surface area contributed by atoms with E-state index in [4.69, 9.17) is 0 Å². The number of carbonyl (C=O) groups is 1. The van der Waals surface area contributed by atoms with E-state index < -0.39 is 14.3 Å². The standard InChI is InChI=1S/C23H37N3O2Si/c1-16(2)29(17(3)4,18(5)6)26-15-19(7)22-20(9-8-10-21(22)26)24-11-13-25(14-12-24)23(27)28/h8-10,15-18H,11-14H2,1-7H3,(H,27,28). The van der Waals surface area contributed by atoms with Crippen molar-refractivity contribution in [2.45, 2.75) is 65.1 Å². The molecule has 0 unspecified atom stereocenters. The number of nitrogens with zero attached hydrogens (tertiary/aromatic N) is 3. The predicted octanol–water partition coefficient (Wildman–Crippen LogP) is 5.77. The van der Waals surface area contributed by atoms with Crippen LogP contribution in [0.1, 0.15) is 47.1 Å².